The van der Waals surface area contributed by atoms with Crippen molar-refractivity contribution in [1.82, 2.24) is 0 Å². The van der Waals surface area contributed by atoms with Gasteiger partial charge in [0.05, 0.1) is 19.3 Å². The van der Waals surface area contributed by atoms with Crippen LogP contribution in [0.25, 0.3) is 0 Å². The number of aliphatic hydroxyl groups is 2. The van der Waals surface area contributed by atoms with Gasteiger partial charge >= 0.3 is 5.97 Å². The molecular weight excluding hydrogens is 212 g/mol. The summed E-state index contributed by atoms with van der Waals surface area (Å²) in [7, 11) is 1.31. The smallest absolute Gasteiger partial charge is 0.337 e. The molecule has 1 rings (SSSR count). The first-order chi connectivity index (χ1) is 7.67. The van der Waals surface area contributed by atoms with Gasteiger partial charge in [-0.1, -0.05) is 0 Å². The molecule has 2 N–H and O–H groups in total. The van der Waals surface area contributed by atoms with Crippen LogP contribution in [-0.2, 0) is 4.74 Å². The van der Waals surface area contributed by atoms with E-state index in [0.29, 0.717) is 11.3 Å². The second-order valence-corrected chi connectivity index (χ2v) is 3.16. The van der Waals surface area contributed by atoms with Gasteiger partial charge in [-0.15, -0.1) is 0 Å². The van der Waals surface area contributed by atoms with Crippen LogP contribution in [0.5, 0.6) is 5.75 Å². The molecule has 1 atom stereocenters. The highest BCUT2D eigenvalue weighted by atomic mass is 16.5. The predicted molar refractivity (Wildman–Crippen MR) is 56.4 cm³/mol. The van der Waals surface area contributed by atoms with E-state index in [1.54, 1.807) is 24.3 Å². The van der Waals surface area contributed by atoms with Crippen LogP contribution in [-0.4, -0.2) is 42.6 Å². The van der Waals surface area contributed by atoms with Crippen LogP contribution in [0.2, 0.25) is 0 Å². The Morgan fingerprint density at radius 2 is 2.00 bits per heavy atom. The Morgan fingerprint density at radius 1 is 1.38 bits per heavy atom. The predicted octanol–water partition coefficient (Wildman–Crippen LogP) is 0.205. The van der Waals surface area contributed by atoms with Crippen LogP contribution >= 0.6 is 0 Å². The molecule has 0 aliphatic carbocycles. The van der Waals surface area contributed by atoms with Gasteiger partial charge < -0.3 is 19.7 Å². The molecule has 0 amide bonds. The number of carbonyl (C=O) groups excluding carboxylic acids is 1. The summed E-state index contributed by atoms with van der Waals surface area (Å²) in [5.41, 5.74) is 0.428. The molecule has 0 unspecified atom stereocenters. The topological polar surface area (TPSA) is 76.0 Å². The molecule has 16 heavy (non-hydrogen) atoms. The summed E-state index contributed by atoms with van der Waals surface area (Å²) in [5, 5.41) is 17.6. The molecule has 1 aromatic carbocycles. The molecule has 1 aromatic rings. The fourth-order valence-electron chi connectivity index (χ4n) is 1.05. The second-order valence-electron chi connectivity index (χ2n) is 3.16. The molecule has 0 aliphatic heterocycles. The zero-order valence-electron chi connectivity index (χ0n) is 8.92. The fourth-order valence-corrected chi connectivity index (χ4v) is 1.05. The summed E-state index contributed by atoms with van der Waals surface area (Å²) in [6.07, 6.45) is -0.903. The van der Waals surface area contributed by atoms with Crippen molar-refractivity contribution >= 4 is 5.97 Å². The van der Waals surface area contributed by atoms with Crippen molar-refractivity contribution in [2.45, 2.75) is 6.10 Å². The Morgan fingerprint density at radius 3 is 2.50 bits per heavy atom. The van der Waals surface area contributed by atoms with Crippen molar-refractivity contribution in [3.8, 4) is 5.75 Å². The summed E-state index contributed by atoms with van der Waals surface area (Å²) >= 11 is 0. The number of methoxy groups -OCH3 is 1. The molecule has 5 heteroatoms. The Bertz CT molecular complexity index is 333. The Balaban J connectivity index is 2.54. The van der Waals surface area contributed by atoms with Crippen LogP contribution in [0.15, 0.2) is 24.3 Å². The maximum absolute atomic E-state index is 11.1. The molecule has 0 fully saturated rings. The van der Waals surface area contributed by atoms with Crippen LogP contribution in [0.4, 0.5) is 0 Å². The third kappa shape index (κ3) is 3.52. The third-order valence-corrected chi connectivity index (χ3v) is 1.93. The maximum atomic E-state index is 11.1. The lowest BCUT2D eigenvalue weighted by molar-refractivity contribution is 0.0535. The Labute approximate surface area is 93.2 Å². The number of benzene rings is 1. The largest absolute Gasteiger partial charge is 0.491 e. The SMILES string of the molecule is COC(=O)c1ccc(OC[C@@H](O)CO)cc1. The number of hydrogen-bond donors (Lipinski definition) is 2. The summed E-state index contributed by atoms with van der Waals surface area (Å²) in [5.74, 6) is 0.0992. The van der Waals surface area contributed by atoms with E-state index in [2.05, 4.69) is 4.74 Å². The maximum Gasteiger partial charge on any atom is 0.337 e. The molecule has 0 saturated carbocycles. The first kappa shape index (κ1) is 12.5. The van der Waals surface area contributed by atoms with E-state index in [1.165, 1.54) is 7.11 Å². The van der Waals surface area contributed by atoms with Gasteiger partial charge in [0.25, 0.3) is 0 Å². The molecule has 0 radical (unpaired) electrons. The number of esters is 1. The van der Waals surface area contributed by atoms with Crippen molar-refractivity contribution in [3.05, 3.63) is 29.8 Å². The van der Waals surface area contributed by atoms with Gasteiger partial charge in [-0.2, -0.15) is 0 Å². The average molecular weight is 226 g/mol. The van der Waals surface area contributed by atoms with E-state index in [4.69, 9.17) is 14.9 Å². The van der Waals surface area contributed by atoms with Gasteiger partial charge in [0.2, 0.25) is 0 Å². The van der Waals surface area contributed by atoms with Gasteiger partial charge in [0.1, 0.15) is 18.5 Å². The standard InChI is InChI=1S/C11H14O5/c1-15-11(14)8-2-4-10(5-3-8)16-7-9(13)6-12/h2-5,9,12-13H,6-7H2,1H3/t9-/m0/s1. The molecule has 0 bridgehead atoms. The highest BCUT2D eigenvalue weighted by Gasteiger charge is 2.06. The van der Waals surface area contributed by atoms with Gasteiger partial charge in [-0.05, 0) is 24.3 Å². The van der Waals surface area contributed by atoms with E-state index >= 15 is 0 Å². The van der Waals surface area contributed by atoms with Crippen LogP contribution in [0.1, 0.15) is 10.4 Å². The molecule has 0 heterocycles. The lowest BCUT2D eigenvalue weighted by atomic mass is 10.2. The summed E-state index contributed by atoms with van der Waals surface area (Å²) < 4.78 is 9.70. The third-order valence-electron chi connectivity index (χ3n) is 1.93. The van der Waals surface area contributed by atoms with Crippen LogP contribution < -0.4 is 4.74 Å². The van der Waals surface area contributed by atoms with E-state index in [0.717, 1.165) is 0 Å². The Kier molecular flexibility index (Phi) is 4.75. The Hall–Kier alpha value is -1.59. The van der Waals surface area contributed by atoms with Crippen LogP contribution in [0, 0.1) is 0 Å². The molecular formula is C11H14O5. The van der Waals surface area contributed by atoms with Crippen molar-refractivity contribution < 1.29 is 24.5 Å². The monoisotopic (exact) mass is 226 g/mol. The zero-order valence-corrected chi connectivity index (χ0v) is 8.92. The number of hydrogen-bond acceptors (Lipinski definition) is 5. The van der Waals surface area contributed by atoms with Gasteiger partial charge in [-0.25, -0.2) is 4.79 Å². The van der Waals surface area contributed by atoms with Crippen LogP contribution in [0.3, 0.4) is 0 Å². The lowest BCUT2D eigenvalue weighted by Gasteiger charge is -2.09. The van der Waals surface area contributed by atoms with E-state index in [1.807, 2.05) is 0 Å². The van der Waals surface area contributed by atoms with Crippen molar-refractivity contribution in [3.63, 3.8) is 0 Å². The summed E-state index contributed by atoms with van der Waals surface area (Å²) in [6, 6.07) is 6.31. The number of aliphatic hydroxyl groups excluding tert-OH is 2. The minimum atomic E-state index is -0.903. The number of rotatable bonds is 5. The van der Waals surface area contributed by atoms with Gasteiger partial charge in [0.15, 0.2) is 0 Å². The molecule has 88 valence electrons. The summed E-state index contributed by atoms with van der Waals surface area (Å²) in [4.78, 5) is 11.1. The van der Waals surface area contributed by atoms with Gasteiger partial charge in [0, 0.05) is 0 Å². The highest BCUT2D eigenvalue weighted by Crippen LogP contribution is 2.12. The minimum absolute atomic E-state index is 0.00801. The molecule has 0 aliphatic rings. The first-order valence-electron chi connectivity index (χ1n) is 4.77. The van der Waals surface area contributed by atoms with Gasteiger partial charge in [-0.3, -0.25) is 0 Å². The molecule has 5 nitrogen and oxygen atoms in total. The summed E-state index contributed by atoms with van der Waals surface area (Å²) in [6.45, 7) is -0.339. The highest BCUT2D eigenvalue weighted by molar-refractivity contribution is 5.89. The quantitative estimate of drug-likeness (QED) is 0.702. The van der Waals surface area contributed by atoms with E-state index in [9.17, 15) is 4.79 Å². The zero-order chi connectivity index (χ0) is 12.0. The number of ether oxygens (including phenoxy) is 2. The second kappa shape index (κ2) is 6.09. The minimum Gasteiger partial charge on any atom is -0.491 e. The fraction of sp³-hybridized carbons (Fsp3) is 0.364. The van der Waals surface area contributed by atoms with Crippen molar-refractivity contribution in [1.29, 1.82) is 0 Å². The lowest BCUT2D eigenvalue weighted by Crippen LogP contribution is -2.21. The number of carbonyl (C=O) groups is 1. The average Bonchev–Trinajstić information content (AvgIpc) is 2.35. The molecule has 0 saturated heterocycles. The molecule has 0 aromatic heterocycles. The normalized spacial score (nSPS) is 11.9. The first-order valence-corrected chi connectivity index (χ1v) is 4.77. The molecule has 0 spiro atoms. The van der Waals surface area contributed by atoms with E-state index < -0.39 is 12.1 Å². The van der Waals surface area contributed by atoms with E-state index in [-0.39, 0.29) is 13.2 Å². The van der Waals surface area contributed by atoms with Crippen molar-refractivity contribution in [2.75, 3.05) is 20.3 Å². The van der Waals surface area contributed by atoms with Crippen molar-refractivity contribution in [2.24, 2.45) is 0 Å².